The SMILES string of the molecule is CCNC(=NCCCc1nc2ccccc2[nH]1)NCCCOCC1CCOC1. The number of benzene rings is 1. The average molecular weight is 388 g/mol. The number of nitrogens with one attached hydrogen (secondary N) is 3. The first-order valence-electron chi connectivity index (χ1n) is 10.5. The minimum atomic E-state index is 0.582. The van der Waals surface area contributed by atoms with E-state index in [-0.39, 0.29) is 0 Å². The Morgan fingerprint density at radius 3 is 3.07 bits per heavy atom. The van der Waals surface area contributed by atoms with Crippen molar-refractivity contribution in [1.29, 1.82) is 0 Å². The van der Waals surface area contributed by atoms with Crippen LogP contribution in [-0.4, -0.2) is 62.0 Å². The van der Waals surface area contributed by atoms with Gasteiger partial charge in [0, 0.05) is 45.2 Å². The molecule has 7 nitrogen and oxygen atoms in total. The Kier molecular flexibility index (Phi) is 8.58. The maximum absolute atomic E-state index is 5.74. The molecule has 0 radical (unpaired) electrons. The third-order valence-corrected chi connectivity index (χ3v) is 4.76. The van der Waals surface area contributed by atoms with Gasteiger partial charge in [0.15, 0.2) is 5.96 Å². The molecule has 154 valence electrons. The number of aromatic amines is 1. The molecule has 1 atom stereocenters. The highest BCUT2D eigenvalue weighted by molar-refractivity contribution is 5.79. The third-order valence-electron chi connectivity index (χ3n) is 4.76. The Balaban J connectivity index is 1.30. The Labute approximate surface area is 167 Å². The molecule has 7 heteroatoms. The third kappa shape index (κ3) is 6.80. The number of imidazole rings is 1. The summed E-state index contributed by atoms with van der Waals surface area (Å²) < 4.78 is 11.1. The molecule has 1 saturated heterocycles. The second kappa shape index (κ2) is 11.7. The number of ether oxygens (including phenoxy) is 2. The zero-order valence-electron chi connectivity index (χ0n) is 16.9. The van der Waals surface area contributed by atoms with E-state index in [1.807, 2.05) is 18.2 Å². The number of para-hydroxylation sites is 2. The second-order valence-corrected chi connectivity index (χ2v) is 7.15. The van der Waals surface area contributed by atoms with Gasteiger partial charge in [-0.05, 0) is 38.3 Å². The molecule has 3 N–H and O–H groups in total. The van der Waals surface area contributed by atoms with E-state index in [0.29, 0.717) is 5.92 Å². The lowest BCUT2D eigenvalue weighted by atomic mass is 10.1. The predicted molar refractivity (Wildman–Crippen MR) is 113 cm³/mol. The van der Waals surface area contributed by atoms with Crippen LogP contribution in [0.2, 0.25) is 0 Å². The van der Waals surface area contributed by atoms with Crippen molar-refractivity contribution in [1.82, 2.24) is 20.6 Å². The number of guanidine groups is 1. The van der Waals surface area contributed by atoms with Crippen LogP contribution in [0.4, 0.5) is 0 Å². The number of rotatable bonds is 11. The van der Waals surface area contributed by atoms with Crippen LogP contribution in [0.1, 0.15) is 32.0 Å². The summed E-state index contributed by atoms with van der Waals surface area (Å²) in [6.45, 7) is 7.88. The van der Waals surface area contributed by atoms with Crippen molar-refractivity contribution in [3.05, 3.63) is 30.1 Å². The number of fused-ring (bicyclic) bond motifs is 1. The lowest BCUT2D eigenvalue weighted by molar-refractivity contribution is 0.0888. The maximum Gasteiger partial charge on any atom is 0.191 e. The summed E-state index contributed by atoms with van der Waals surface area (Å²) in [7, 11) is 0. The minimum absolute atomic E-state index is 0.582. The fraction of sp³-hybridized carbons (Fsp3) is 0.619. The Morgan fingerprint density at radius 1 is 1.32 bits per heavy atom. The van der Waals surface area contributed by atoms with E-state index in [1.165, 1.54) is 0 Å². The summed E-state index contributed by atoms with van der Waals surface area (Å²) in [5.74, 6) is 2.48. The van der Waals surface area contributed by atoms with Gasteiger partial charge in [-0.25, -0.2) is 4.98 Å². The molecule has 1 aromatic carbocycles. The number of aliphatic imine (C=N–C) groups is 1. The molecule has 0 bridgehead atoms. The lowest BCUT2D eigenvalue weighted by Crippen LogP contribution is -2.38. The molecular formula is C21H33N5O2. The second-order valence-electron chi connectivity index (χ2n) is 7.15. The van der Waals surface area contributed by atoms with E-state index in [0.717, 1.165) is 94.6 Å². The number of H-pyrrole nitrogens is 1. The molecule has 0 amide bonds. The number of hydrogen-bond acceptors (Lipinski definition) is 4. The van der Waals surface area contributed by atoms with Crippen molar-refractivity contribution in [2.24, 2.45) is 10.9 Å². The van der Waals surface area contributed by atoms with Crippen LogP contribution in [0.3, 0.4) is 0 Å². The van der Waals surface area contributed by atoms with Crippen molar-refractivity contribution in [2.75, 3.05) is 46.1 Å². The zero-order valence-corrected chi connectivity index (χ0v) is 16.9. The number of hydrogen-bond donors (Lipinski definition) is 3. The van der Waals surface area contributed by atoms with E-state index in [9.17, 15) is 0 Å². The molecule has 1 aromatic heterocycles. The Bertz CT molecular complexity index is 691. The van der Waals surface area contributed by atoms with Crippen molar-refractivity contribution in [3.63, 3.8) is 0 Å². The van der Waals surface area contributed by atoms with Gasteiger partial charge in [-0.2, -0.15) is 0 Å². The molecule has 0 saturated carbocycles. The first-order valence-corrected chi connectivity index (χ1v) is 10.5. The molecule has 1 aliphatic heterocycles. The van der Waals surface area contributed by atoms with Crippen LogP contribution >= 0.6 is 0 Å². The van der Waals surface area contributed by atoms with Gasteiger partial charge in [0.25, 0.3) is 0 Å². The zero-order chi connectivity index (χ0) is 19.4. The molecule has 1 aliphatic rings. The summed E-state index contributed by atoms with van der Waals surface area (Å²) in [4.78, 5) is 12.6. The highest BCUT2D eigenvalue weighted by Gasteiger charge is 2.15. The molecule has 1 fully saturated rings. The highest BCUT2D eigenvalue weighted by atomic mass is 16.5. The lowest BCUT2D eigenvalue weighted by Gasteiger charge is -2.12. The molecule has 0 aliphatic carbocycles. The molecule has 2 aromatic rings. The van der Waals surface area contributed by atoms with Crippen LogP contribution in [0.15, 0.2) is 29.3 Å². The first kappa shape index (κ1) is 20.6. The summed E-state index contributed by atoms with van der Waals surface area (Å²) in [5, 5.41) is 6.68. The van der Waals surface area contributed by atoms with Crippen LogP contribution in [0, 0.1) is 5.92 Å². The highest BCUT2D eigenvalue weighted by Crippen LogP contribution is 2.12. The summed E-state index contributed by atoms with van der Waals surface area (Å²) >= 11 is 0. The quantitative estimate of drug-likeness (QED) is 0.313. The van der Waals surface area contributed by atoms with Crippen LogP contribution in [0.5, 0.6) is 0 Å². The van der Waals surface area contributed by atoms with Gasteiger partial charge in [0.05, 0.1) is 24.2 Å². The first-order chi connectivity index (χ1) is 13.8. The molecular weight excluding hydrogens is 354 g/mol. The Hall–Kier alpha value is -2.12. The fourth-order valence-electron chi connectivity index (χ4n) is 3.25. The predicted octanol–water partition coefficient (Wildman–Crippen LogP) is 2.49. The van der Waals surface area contributed by atoms with Gasteiger partial charge in [-0.1, -0.05) is 12.1 Å². The van der Waals surface area contributed by atoms with Gasteiger partial charge < -0.3 is 25.1 Å². The average Bonchev–Trinajstić information content (AvgIpc) is 3.36. The number of aryl methyl sites for hydroxylation is 1. The number of nitrogens with zero attached hydrogens (tertiary/aromatic N) is 2. The van der Waals surface area contributed by atoms with Crippen LogP contribution in [0.25, 0.3) is 11.0 Å². The van der Waals surface area contributed by atoms with E-state index < -0.39 is 0 Å². The van der Waals surface area contributed by atoms with E-state index in [1.54, 1.807) is 0 Å². The normalized spacial score (nSPS) is 17.3. The fourth-order valence-corrected chi connectivity index (χ4v) is 3.25. The van der Waals surface area contributed by atoms with Crippen molar-refractivity contribution in [3.8, 4) is 0 Å². The van der Waals surface area contributed by atoms with E-state index >= 15 is 0 Å². The van der Waals surface area contributed by atoms with Crippen molar-refractivity contribution < 1.29 is 9.47 Å². The standard InChI is InChI=1S/C21H33N5O2/c1-2-22-21(24-12-6-13-27-15-17-10-14-28-16-17)23-11-5-9-20-25-18-7-3-4-8-19(18)26-20/h3-4,7-8,17H,2,5-6,9-16H2,1H3,(H,25,26)(H2,22,23,24). The van der Waals surface area contributed by atoms with E-state index in [2.05, 4.69) is 38.6 Å². The smallest absolute Gasteiger partial charge is 0.191 e. The van der Waals surface area contributed by atoms with Crippen LogP contribution in [-0.2, 0) is 15.9 Å². The topological polar surface area (TPSA) is 83.6 Å². The van der Waals surface area contributed by atoms with E-state index in [4.69, 9.17) is 9.47 Å². The molecule has 0 spiro atoms. The van der Waals surface area contributed by atoms with Gasteiger partial charge in [-0.3, -0.25) is 4.99 Å². The summed E-state index contributed by atoms with van der Waals surface area (Å²) in [6.07, 6.45) is 3.96. The van der Waals surface area contributed by atoms with Crippen molar-refractivity contribution in [2.45, 2.75) is 32.6 Å². The van der Waals surface area contributed by atoms with Gasteiger partial charge >= 0.3 is 0 Å². The Morgan fingerprint density at radius 2 is 2.25 bits per heavy atom. The summed E-state index contributed by atoms with van der Waals surface area (Å²) in [6, 6.07) is 8.13. The molecule has 2 heterocycles. The summed E-state index contributed by atoms with van der Waals surface area (Å²) in [5.41, 5.74) is 2.12. The largest absolute Gasteiger partial charge is 0.381 e. The maximum atomic E-state index is 5.74. The number of aromatic nitrogens is 2. The monoisotopic (exact) mass is 387 g/mol. The molecule has 28 heavy (non-hydrogen) atoms. The molecule has 3 rings (SSSR count). The molecule has 1 unspecified atom stereocenters. The van der Waals surface area contributed by atoms with Crippen molar-refractivity contribution >= 4 is 17.0 Å². The minimum Gasteiger partial charge on any atom is -0.381 e. The van der Waals surface area contributed by atoms with Crippen LogP contribution < -0.4 is 10.6 Å². The van der Waals surface area contributed by atoms with Gasteiger partial charge in [0.1, 0.15) is 5.82 Å². The van der Waals surface area contributed by atoms with Gasteiger partial charge in [0.2, 0.25) is 0 Å². The van der Waals surface area contributed by atoms with Gasteiger partial charge in [-0.15, -0.1) is 0 Å².